The number of carbonyl (C=O) groups excluding carboxylic acids is 1. The fraction of sp³-hybridized carbons (Fsp3) is 0.269. The molecule has 2 atom stereocenters. The molecule has 0 radical (unpaired) electrons. The van der Waals surface area contributed by atoms with Gasteiger partial charge >= 0.3 is 0 Å². The molecule has 1 aliphatic carbocycles. The predicted octanol–water partition coefficient (Wildman–Crippen LogP) is 6.38. The fourth-order valence-corrected chi connectivity index (χ4v) is 4.62. The standard InChI is InChI=1S/C26H23F2N3O3S/c1-15(30-16(2)32)17-6-8-23-22(10-17)31-25(35-23)18-7-9-24(29-13-18)34-21-5-3-4-20(11-21)33-14-19-12-26(19,27)28/h3-11,13,15,19H,12,14H2,1-2H3,(H,30,32)/t15?,19-/m0/s1. The second-order valence-electron chi connectivity index (χ2n) is 8.60. The highest BCUT2D eigenvalue weighted by Crippen LogP contribution is 2.48. The number of rotatable bonds is 8. The lowest BCUT2D eigenvalue weighted by Crippen LogP contribution is -2.23. The molecule has 0 saturated heterocycles. The van der Waals surface area contributed by atoms with Gasteiger partial charge in [-0.1, -0.05) is 12.1 Å². The van der Waals surface area contributed by atoms with Crippen LogP contribution in [0.3, 0.4) is 0 Å². The number of fused-ring (bicyclic) bond motifs is 1. The van der Waals surface area contributed by atoms with Gasteiger partial charge in [0.05, 0.1) is 28.8 Å². The minimum atomic E-state index is -2.60. The van der Waals surface area contributed by atoms with Crippen molar-refractivity contribution < 1.29 is 23.0 Å². The Hall–Kier alpha value is -3.59. The molecule has 0 bridgehead atoms. The maximum absolute atomic E-state index is 13.0. The zero-order chi connectivity index (χ0) is 24.6. The Balaban J connectivity index is 1.26. The lowest BCUT2D eigenvalue weighted by atomic mass is 10.1. The number of nitrogens with zero attached hydrogens (tertiary/aromatic N) is 2. The molecule has 35 heavy (non-hydrogen) atoms. The van der Waals surface area contributed by atoms with Crippen molar-refractivity contribution in [1.82, 2.24) is 15.3 Å². The van der Waals surface area contributed by atoms with Crippen LogP contribution in [0.4, 0.5) is 8.78 Å². The summed E-state index contributed by atoms with van der Waals surface area (Å²) in [4.78, 5) is 20.5. The third-order valence-electron chi connectivity index (χ3n) is 5.75. The summed E-state index contributed by atoms with van der Waals surface area (Å²) in [7, 11) is 0. The van der Waals surface area contributed by atoms with Crippen molar-refractivity contribution in [2.45, 2.75) is 32.2 Å². The molecule has 2 aromatic carbocycles. The van der Waals surface area contributed by atoms with E-state index in [1.165, 1.54) is 6.92 Å². The molecule has 1 amide bonds. The first kappa shape index (κ1) is 23.2. The van der Waals surface area contributed by atoms with Crippen LogP contribution in [0.15, 0.2) is 60.8 Å². The van der Waals surface area contributed by atoms with Gasteiger partial charge in [-0.05, 0) is 42.8 Å². The van der Waals surface area contributed by atoms with Crippen LogP contribution in [0.25, 0.3) is 20.8 Å². The highest BCUT2D eigenvalue weighted by molar-refractivity contribution is 7.21. The van der Waals surface area contributed by atoms with Crippen molar-refractivity contribution in [3.63, 3.8) is 0 Å². The fourth-order valence-electron chi connectivity index (χ4n) is 3.69. The zero-order valence-corrected chi connectivity index (χ0v) is 19.9. The van der Waals surface area contributed by atoms with Gasteiger partial charge in [0, 0.05) is 37.2 Å². The van der Waals surface area contributed by atoms with E-state index in [4.69, 9.17) is 14.5 Å². The molecule has 1 saturated carbocycles. The van der Waals surface area contributed by atoms with Crippen molar-refractivity contribution in [3.8, 4) is 28.0 Å². The SMILES string of the molecule is CC(=O)NC(C)c1ccc2sc(-c3ccc(Oc4cccc(OC[C@@H]5CC5(F)F)c4)nc3)nc2c1. The monoisotopic (exact) mass is 495 g/mol. The molecule has 5 rings (SSSR count). The van der Waals surface area contributed by atoms with Gasteiger partial charge in [0.15, 0.2) is 0 Å². The van der Waals surface area contributed by atoms with Crippen molar-refractivity contribution in [1.29, 1.82) is 0 Å². The number of benzene rings is 2. The van der Waals surface area contributed by atoms with E-state index in [-0.39, 0.29) is 25.0 Å². The third-order valence-corrected chi connectivity index (χ3v) is 6.83. The molecule has 2 aromatic heterocycles. The summed E-state index contributed by atoms with van der Waals surface area (Å²) in [5.41, 5.74) is 2.71. The summed E-state index contributed by atoms with van der Waals surface area (Å²) >= 11 is 1.56. The highest BCUT2D eigenvalue weighted by atomic mass is 32.1. The number of hydrogen-bond acceptors (Lipinski definition) is 6. The molecule has 0 spiro atoms. The van der Waals surface area contributed by atoms with Crippen molar-refractivity contribution in [2.24, 2.45) is 5.92 Å². The van der Waals surface area contributed by atoms with Gasteiger partial charge < -0.3 is 14.8 Å². The quantitative estimate of drug-likeness (QED) is 0.307. The maximum Gasteiger partial charge on any atom is 0.255 e. The van der Waals surface area contributed by atoms with Gasteiger partial charge in [0.2, 0.25) is 11.8 Å². The van der Waals surface area contributed by atoms with Crippen molar-refractivity contribution in [3.05, 3.63) is 66.4 Å². The van der Waals surface area contributed by atoms with E-state index in [2.05, 4.69) is 10.3 Å². The Kier molecular flexibility index (Phi) is 6.10. The van der Waals surface area contributed by atoms with E-state index in [0.29, 0.717) is 17.4 Å². The van der Waals surface area contributed by atoms with E-state index in [1.807, 2.05) is 31.2 Å². The first-order valence-electron chi connectivity index (χ1n) is 11.2. The predicted molar refractivity (Wildman–Crippen MR) is 130 cm³/mol. The van der Waals surface area contributed by atoms with Crippen LogP contribution in [0.5, 0.6) is 17.4 Å². The van der Waals surface area contributed by atoms with Gasteiger partial charge in [-0.2, -0.15) is 0 Å². The van der Waals surface area contributed by atoms with E-state index >= 15 is 0 Å². The number of amides is 1. The number of alkyl halides is 2. The summed E-state index contributed by atoms with van der Waals surface area (Å²) in [6.45, 7) is 3.42. The average Bonchev–Trinajstić information content (AvgIpc) is 3.23. The van der Waals surface area contributed by atoms with E-state index in [9.17, 15) is 13.6 Å². The summed E-state index contributed by atoms with van der Waals surface area (Å²) in [6, 6.07) is 16.4. The molecule has 1 N–H and O–H groups in total. The van der Waals surface area contributed by atoms with E-state index in [1.54, 1.807) is 47.9 Å². The second kappa shape index (κ2) is 9.22. The Morgan fingerprint density at radius 2 is 2.00 bits per heavy atom. The van der Waals surface area contributed by atoms with E-state index in [0.717, 1.165) is 26.4 Å². The summed E-state index contributed by atoms with van der Waals surface area (Å²) in [5.74, 6) is -2.01. The Morgan fingerprint density at radius 3 is 2.71 bits per heavy atom. The smallest absolute Gasteiger partial charge is 0.255 e. The van der Waals surface area contributed by atoms with Gasteiger partial charge in [-0.15, -0.1) is 11.3 Å². The highest BCUT2D eigenvalue weighted by Gasteiger charge is 2.57. The third kappa shape index (κ3) is 5.40. The van der Waals surface area contributed by atoms with Crippen LogP contribution < -0.4 is 14.8 Å². The number of hydrogen-bond donors (Lipinski definition) is 1. The first-order chi connectivity index (χ1) is 16.8. The van der Waals surface area contributed by atoms with Crippen LogP contribution >= 0.6 is 11.3 Å². The van der Waals surface area contributed by atoms with Crippen molar-refractivity contribution in [2.75, 3.05) is 6.61 Å². The van der Waals surface area contributed by atoms with Crippen LogP contribution in [-0.2, 0) is 4.79 Å². The van der Waals surface area contributed by atoms with E-state index < -0.39 is 11.8 Å². The largest absolute Gasteiger partial charge is 0.493 e. The number of ether oxygens (including phenoxy) is 2. The summed E-state index contributed by atoms with van der Waals surface area (Å²) < 4.78 is 38.4. The van der Waals surface area contributed by atoms with Crippen LogP contribution in [0.1, 0.15) is 31.9 Å². The first-order valence-corrected chi connectivity index (χ1v) is 12.0. The molecule has 6 nitrogen and oxygen atoms in total. The van der Waals surface area contributed by atoms with Crippen LogP contribution in [0, 0.1) is 5.92 Å². The molecule has 1 fully saturated rings. The number of carbonyl (C=O) groups is 1. The van der Waals surface area contributed by atoms with Gasteiger partial charge in [0.1, 0.15) is 16.5 Å². The van der Waals surface area contributed by atoms with Crippen LogP contribution in [0.2, 0.25) is 0 Å². The molecule has 4 aromatic rings. The molecule has 2 heterocycles. The Morgan fingerprint density at radius 1 is 1.20 bits per heavy atom. The number of nitrogens with one attached hydrogen (secondary N) is 1. The van der Waals surface area contributed by atoms with Crippen LogP contribution in [-0.4, -0.2) is 28.4 Å². The van der Waals surface area contributed by atoms with Gasteiger partial charge in [-0.25, -0.2) is 18.7 Å². The minimum Gasteiger partial charge on any atom is -0.493 e. The topological polar surface area (TPSA) is 73.3 Å². The van der Waals surface area contributed by atoms with Gasteiger partial charge in [0.25, 0.3) is 5.92 Å². The maximum atomic E-state index is 13.0. The molecular weight excluding hydrogens is 472 g/mol. The molecular formula is C26H23F2N3O3S. The molecule has 0 aliphatic heterocycles. The normalized spacial score (nSPS) is 17.1. The summed E-state index contributed by atoms with van der Waals surface area (Å²) in [6.07, 6.45) is 1.58. The average molecular weight is 496 g/mol. The Labute approximate surface area is 204 Å². The lowest BCUT2D eigenvalue weighted by Gasteiger charge is -2.12. The zero-order valence-electron chi connectivity index (χ0n) is 19.1. The lowest BCUT2D eigenvalue weighted by molar-refractivity contribution is -0.119. The number of thiazole rings is 1. The molecule has 9 heteroatoms. The number of halogens is 2. The van der Waals surface area contributed by atoms with Gasteiger partial charge in [-0.3, -0.25) is 4.79 Å². The summed E-state index contributed by atoms with van der Waals surface area (Å²) in [5, 5.41) is 3.71. The molecule has 1 unspecified atom stereocenters. The number of aromatic nitrogens is 2. The minimum absolute atomic E-state index is 0.0147. The number of pyridine rings is 1. The van der Waals surface area contributed by atoms with Crippen molar-refractivity contribution >= 4 is 27.5 Å². The Bertz CT molecular complexity index is 1370. The molecule has 180 valence electrons. The second-order valence-corrected chi connectivity index (χ2v) is 9.63. The molecule has 1 aliphatic rings.